The van der Waals surface area contributed by atoms with E-state index < -0.39 is 6.04 Å². The van der Waals surface area contributed by atoms with E-state index in [2.05, 4.69) is 5.32 Å². The Morgan fingerprint density at radius 3 is 2.36 bits per heavy atom. The van der Waals surface area contributed by atoms with Crippen LogP contribution in [0.25, 0.3) is 0 Å². The number of rotatable bonds is 8. The van der Waals surface area contributed by atoms with Crippen molar-refractivity contribution in [3.63, 3.8) is 0 Å². The summed E-state index contributed by atoms with van der Waals surface area (Å²) in [4.78, 5) is 28.1. The largest absolute Gasteiger partial charge is 0.493 e. The Kier molecular flexibility index (Phi) is 6.63. The molecule has 0 fully saturated rings. The van der Waals surface area contributed by atoms with Gasteiger partial charge in [0.25, 0.3) is 5.91 Å². The Morgan fingerprint density at radius 1 is 0.939 bits per heavy atom. The molecular weight excluding hydrogens is 416 g/mol. The van der Waals surface area contributed by atoms with Crippen molar-refractivity contribution in [1.29, 1.82) is 0 Å². The van der Waals surface area contributed by atoms with Crippen molar-refractivity contribution < 1.29 is 19.1 Å². The van der Waals surface area contributed by atoms with Gasteiger partial charge in [-0.05, 0) is 48.2 Å². The molecule has 1 atom stereocenters. The molecule has 2 amide bonds. The van der Waals surface area contributed by atoms with E-state index in [1.807, 2.05) is 67.6 Å². The lowest BCUT2D eigenvalue weighted by atomic mass is 10.0. The number of carbonyl (C=O) groups excluding carboxylic acids is 2. The van der Waals surface area contributed by atoms with E-state index in [4.69, 9.17) is 9.47 Å². The van der Waals surface area contributed by atoms with Gasteiger partial charge in [0.2, 0.25) is 5.91 Å². The molecule has 33 heavy (non-hydrogen) atoms. The van der Waals surface area contributed by atoms with Gasteiger partial charge in [-0.25, -0.2) is 0 Å². The van der Waals surface area contributed by atoms with Crippen LogP contribution < -0.4 is 14.8 Å². The highest BCUT2D eigenvalue weighted by molar-refractivity contribution is 6.04. The van der Waals surface area contributed by atoms with E-state index in [1.165, 1.54) is 0 Å². The first-order chi connectivity index (χ1) is 16.0. The van der Waals surface area contributed by atoms with Gasteiger partial charge in [0, 0.05) is 18.7 Å². The second-order valence-corrected chi connectivity index (χ2v) is 8.14. The van der Waals surface area contributed by atoms with Crippen LogP contribution in [-0.4, -0.2) is 37.5 Å². The van der Waals surface area contributed by atoms with E-state index in [0.29, 0.717) is 36.6 Å². The predicted octanol–water partition coefficient (Wildman–Crippen LogP) is 4.07. The third kappa shape index (κ3) is 4.70. The molecule has 3 aromatic rings. The fraction of sp³-hybridized carbons (Fsp3) is 0.259. The van der Waals surface area contributed by atoms with Crippen LogP contribution in [0.3, 0.4) is 0 Å². The smallest absolute Gasteiger partial charge is 0.255 e. The normalized spacial score (nSPS) is 14.7. The molecule has 0 spiro atoms. The molecule has 4 rings (SSSR count). The molecule has 0 unspecified atom stereocenters. The van der Waals surface area contributed by atoms with Gasteiger partial charge >= 0.3 is 0 Å². The zero-order valence-corrected chi connectivity index (χ0v) is 19.1. The summed E-state index contributed by atoms with van der Waals surface area (Å²) in [5.41, 5.74) is 4.50. The molecular formula is C27H28N2O4. The molecule has 0 saturated carbocycles. The van der Waals surface area contributed by atoms with E-state index in [1.54, 1.807) is 25.2 Å². The third-order valence-electron chi connectivity index (χ3n) is 5.94. The number of ether oxygens (including phenoxy) is 2. The van der Waals surface area contributed by atoms with Crippen LogP contribution >= 0.6 is 0 Å². The van der Waals surface area contributed by atoms with Gasteiger partial charge in [0.05, 0.1) is 14.2 Å². The van der Waals surface area contributed by atoms with Crippen LogP contribution in [0.2, 0.25) is 0 Å². The highest BCUT2D eigenvalue weighted by Gasteiger charge is 2.40. The quantitative estimate of drug-likeness (QED) is 0.569. The summed E-state index contributed by atoms with van der Waals surface area (Å²) in [6.07, 6.45) is 0.631. The molecule has 6 heteroatoms. The fourth-order valence-corrected chi connectivity index (χ4v) is 4.17. The van der Waals surface area contributed by atoms with E-state index in [9.17, 15) is 9.59 Å². The molecule has 1 heterocycles. The standard InChI is InChI=1S/C27H28N2O4/c1-18-8-10-20(11-9-18)17-29-25(21-6-4-5-7-22(21)27(29)31)26(30)28-15-14-19-12-13-23(32-2)24(16-19)33-3/h4-13,16,25H,14-15,17H2,1-3H3,(H,28,30)/t25-/m0/s1. The molecule has 6 nitrogen and oxygen atoms in total. The monoisotopic (exact) mass is 444 g/mol. The lowest BCUT2D eigenvalue weighted by Gasteiger charge is -2.25. The first kappa shape index (κ1) is 22.4. The summed E-state index contributed by atoms with van der Waals surface area (Å²) in [5, 5.41) is 3.02. The minimum Gasteiger partial charge on any atom is -0.493 e. The molecule has 0 aromatic heterocycles. The number of hydrogen-bond acceptors (Lipinski definition) is 4. The lowest BCUT2D eigenvalue weighted by molar-refractivity contribution is -0.125. The second-order valence-electron chi connectivity index (χ2n) is 8.14. The molecule has 0 radical (unpaired) electrons. The highest BCUT2D eigenvalue weighted by Crippen LogP contribution is 2.35. The lowest BCUT2D eigenvalue weighted by Crippen LogP contribution is -2.39. The second kappa shape index (κ2) is 9.77. The summed E-state index contributed by atoms with van der Waals surface area (Å²) < 4.78 is 10.6. The number of nitrogens with one attached hydrogen (secondary N) is 1. The van der Waals surface area contributed by atoms with Crippen molar-refractivity contribution in [3.8, 4) is 11.5 Å². The number of carbonyl (C=O) groups is 2. The zero-order valence-electron chi connectivity index (χ0n) is 19.1. The Balaban J connectivity index is 1.49. The van der Waals surface area contributed by atoms with Gasteiger partial charge in [0.1, 0.15) is 6.04 Å². The fourth-order valence-electron chi connectivity index (χ4n) is 4.17. The van der Waals surface area contributed by atoms with E-state index >= 15 is 0 Å². The van der Waals surface area contributed by atoms with Gasteiger partial charge in [-0.3, -0.25) is 9.59 Å². The molecule has 0 saturated heterocycles. The SMILES string of the molecule is COc1ccc(CCNC(=O)[C@@H]2c3ccccc3C(=O)N2Cc2ccc(C)cc2)cc1OC. The summed E-state index contributed by atoms with van der Waals surface area (Å²) in [6.45, 7) is 2.84. The number of aryl methyl sites for hydroxylation is 1. The summed E-state index contributed by atoms with van der Waals surface area (Å²) in [6, 6.07) is 20.4. The predicted molar refractivity (Wildman–Crippen MR) is 126 cm³/mol. The average molecular weight is 445 g/mol. The maximum absolute atomic E-state index is 13.3. The number of amides is 2. The zero-order chi connectivity index (χ0) is 23.4. The molecule has 3 aromatic carbocycles. The number of nitrogens with zero attached hydrogens (tertiary/aromatic N) is 1. The summed E-state index contributed by atoms with van der Waals surface area (Å²) in [7, 11) is 3.20. The Morgan fingerprint density at radius 2 is 1.64 bits per heavy atom. The number of methoxy groups -OCH3 is 2. The minimum atomic E-state index is -0.652. The van der Waals surface area contributed by atoms with Gasteiger partial charge < -0.3 is 19.7 Å². The van der Waals surface area contributed by atoms with Gasteiger partial charge in [-0.2, -0.15) is 0 Å². The molecule has 1 aliphatic heterocycles. The molecule has 1 aliphatic rings. The Bertz CT molecular complexity index is 1160. The minimum absolute atomic E-state index is 0.119. The average Bonchev–Trinajstić information content (AvgIpc) is 3.12. The summed E-state index contributed by atoms with van der Waals surface area (Å²) >= 11 is 0. The van der Waals surface area contributed by atoms with Crippen LogP contribution in [0.5, 0.6) is 11.5 Å². The van der Waals surface area contributed by atoms with Crippen molar-refractivity contribution in [2.75, 3.05) is 20.8 Å². The molecule has 0 aliphatic carbocycles. The molecule has 0 bridgehead atoms. The Hall–Kier alpha value is -3.80. The van der Waals surface area contributed by atoms with E-state index in [-0.39, 0.29) is 11.8 Å². The van der Waals surface area contributed by atoms with Crippen molar-refractivity contribution in [2.24, 2.45) is 0 Å². The number of fused-ring (bicyclic) bond motifs is 1. The van der Waals surface area contributed by atoms with Crippen LogP contribution in [0.4, 0.5) is 0 Å². The van der Waals surface area contributed by atoms with Crippen molar-refractivity contribution in [2.45, 2.75) is 25.9 Å². The number of hydrogen-bond donors (Lipinski definition) is 1. The summed E-state index contributed by atoms with van der Waals surface area (Å²) in [5.74, 6) is 1.02. The van der Waals surface area contributed by atoms with Crippen molar-refractivity contribution in [3.05, 3.63) is 94.5 Å². The molecule has 170 valence electrons. The van der Waals surface area contributed by atoms with Gasteiger partial charge in [-0.1, -0.05) is 54.1 Å². The van der Waals surface area contributed by atoms with Crippen LogP contribution in [0.15, 0.2) is 66.7 Å². The van der Waals surface area contributed by atoms with Crippen LogP contribution in [0.1, 0.15) is 38.7 Å². The number of benzene rings is 3. The van der Waals surface area contributed by atoms with Gasteiger partial charge in [-0.15, -0.1) is 0 Å². The van der Waals surface area contributed by atoms with Crippen molar-refractivity contribution in [1.82, 2.24) is 10.2 Å². The highest BCUT2D eigenvalue weighted by atomic mass is 16.5. The topological polar surface area (TPSA) is 67.9 Å². The van der Waals surface area contributed by atoms with Gasteiger partial charge in [0.15, 0.2) is 11.5 Å². The third-order valence-corrected chi connectivity index (χ3v) is 5.94. The van der Waals surface area contributed by atoms with Crippen LogP contribution in [0, 0.1) is 6.92 Å². The van der Waals surface area contributed by atoms with E-state index in [0.717, 1.165) is 22.3 Å². The van der Waals surface area contributed by atoms with Crippen molar-refractivity contribution >= 4 is 11.8 Å². The maximum Gasteiger partial charge on any atom is 0.255 e. The first-order valence-corrected chi connectivity index (χ1v) is 11.0. The molecule has 1 N–H and O–H groups in total. The first-order valence-electron chi connectivity index (χ1n) is 11.0. The Labute approximate surface area is 194 Å². The van der Waals surface area contributed by atoms with Crippen LogP contribution in [-0.2, 0) is 17.8 Å². The maximum atomic E-state index is 13.3.